The van der Waals surface area contributed by atoms with E-state index in [1.807, 2.05) is 33.3 Å². The molecule has 9 nitrogen and oxygen atoms in total. The number of rotatable bonds is 57. The first-order chi connectivity index (χ1) is 37.4. The number of nitrogens with one attached hydrogen (secondary N) is 1. The van der Waals surface area contributed by atoms with Gasteiger partial charge in [0.05, 0.1) is 33.8 Å². The number of phosphoric ester groups is 1. The normalized spacial score (nSPS) is 14.2. The lowest BCUT2D eigenvalue weighted by atomic mass is 10.1. The number of amides is 1. The molecule has 0 aromatic heterocycles. The van der Waals surface area contributed by atoms with Gasteiger partial charge in [-0.25, -0.2) is 0 Å². The first-order valence-corrected chi connectivity index (χ1v) is 33.4. The predicted octanol–water partition coefficient (Wildman–Crippen LogP) is 19.1. The van der Waals surface area contributed by atoms with Gasteiger partial charge in [0, 0.05) is 12.8 Å². The van der Waals surface area contributed by atoms with Crippen LogP contribution in [0.15, 0.2) is 85.1 Å². The Hall–Kier alpha value is -2.81. The van der Waals surface area contributed by atoms with E-state index in [4.69, 9.17) is 13.8 Å². The lowest BCUT2D eigenvalue weighted by Gasteiger charge is -2.30. The van der Waals surface area contributed by atoms with Gasteiger partial charge in [0.1, 0.15) is 19.3 Å². The summed E-state index contributed by atoms with van der Waals surface area (Å²) >= 11 is 0. The second-order valence-corrected chi connectivity index (χ2v) is 23.9. The molecule has 77 heavy (non-hydrogen) atoms. The van der Waals surface area contributed by atoms with E-state index in [1.54, 1.807) is 0 Å². The molecule has 0 saturated heterocycles. The molecular weight excluding hydrogens is 976 g/mol. The minimum Gasteiger partial charge on any atom is -0.756 e. The lowest BCUT2D eigenvalue weighted by molar-refractivity contribution is -0.870. The number of likely N-dealkylation sites (N-methyl/N-ethyl adjacent to an activating group) is 1. The Morgan fingerprint density at radius 2 is 0.831 bits per heavy atom. The summed E-state index contributed by atoms with van der Waals surface area (Å²) in [4.78, 5) is 40.0. The predicted molar refractivity (Wildman–Crippen MR) is 330 cm³/mol. The highest BCUT2D eigenvalue weighted by atomic mass is 31.2. The van der Waals surface area contributed by atoms with E-state index >= 15 is 0 Å². The van der Waals surface area contributed by atoms with Crippen molar-refractivity contribution in [3.8, 4) is 0 Å². The van der Waals surface area contributed by atoms with Gasteiger partial charge in [-0.1, -0.05) is 247 Å². The highest BCUT2D eigenvalue weighted by Crippen LogP contribution is 2.38. The summed E-state index contributed by atoms with van der Waals surface area (Å²) in [5.41, 5.74) is 0. The minimum absolute atomic E-state index is 0.0284. The van der Waals surface area contributed by atoms with Crippen LogP contribution < -0.4 is 10.2 Å². The van der Waals surface area contributed by atoms with Crippen molar-refractivity contribution >= 4 is 19.7 Å². The van der Waals surface area contributed by atoms with Crippen molar-refractivity contribution in [1.29, 1.82) is 0 Å². The Morgan fingerprint density at radius 1 is 0.468 bits per heavy atom. The number of carbonyl (C=O) groups excluding carboxylic acids is 2. The van der Waals surface area contributed by atoms with Gasteiger partial charge in [-0.05, 0) is 102 Å². The summed E-state index contributed by atoms with van der Waals surface area (Å²) in [6.45, 7) is 6.71. The number of esters is 1. The first kappa shape index (κ1) is 74.2. The summed E-state index contributed by atoms with van der Waals surface area (Å²) < 4.78 is 30.3. The Kier molecular flexibility index (Phi) is 54.4. The molecule has 0 aliphatic heterocycles. The van der Waals surface area contributed by atoms with E-state index in [9.17, 15) is 19.0 Å². The third kappa shape index (κ3) is 57.7. The SMILES string of the molecule is CC/C=C\C/C=C\C/C=C\C/C=C\C/C=C\CCCCCCCCCC(=O)NC(COP(=O)([O-])OCC[N+](C)(C)C)C(/C=C\CCCCCCCCCCC)OC(=O)CCCCCCCCC/C=C/CCCCCCCC. The summed E-state index contributed by atoms with van der Waals surface area (Å²) in [7, 11) is 1.17. The smallest absolute Gasteiger partial charge is 0.306 e. The van der Waals surface area contributed by atoms with Gasteiger partial charge >= 0.3 is 5.97 Å². The topological polar surface area (TPSA) is 114 Å². The second kappa shape index (κ2) is 56.5. The highest BCUT2D eigenvalue weighted by molar-refractivity contribution is 7.45. The number of phosphoric acid groups is 1. The summed E-state index contributed by atoms with van der Waals surface area (Å²) in [5.74, 6) is -0.558. The van der Waals surface area contributed by atoms with Crippen molar-refractivity contribution < 1.29 is 37.3 Å². The molecule has 0 bridgehead atoms. The highest BCUT2D eigenvalue weighted by Gasteiger charge is 2.27. The molecule has 0 fully saturated rings. The van der Waals surface area contributed by atoms with Crippen molar-refractivity contribution in [2.75, 3.05) is 40.9 Å². The maximum atomic E-state index is 13.5. The quantitative estimate of drug-likeness (QED) is 0.0212. The molecule has 3 atom stereocenters. The average Bonchev–Trinajstić information content (AvgIpc) is 3.39. The Morgan fingerprint density at radius 3 is 1.26 bits per heavy atom. The van der Waals surface area contributed by atoms with Gasteiger partial charge in [0.2, 0.25) is 5.91 Å². The van der Waals surface area contributed by atoms with E-state index in [-0.39, 0.29) is 24.9 Å². The monoisotopic (exact) mass is 1100 g/mol. The van der Waals surface area contributed by atoms with Crippen LogP contribution in [-0.2, 0) is 27.9 Å². The van der Waals surface area contributed by atoms with Crippen LogP contribution in [0.1, 0.15) is 278 Å². The molecule has 0 aliphatic carbocycles. The van der Waals surface area contributed by atoms with Crippen LogP contribution in [-0.4, -0.2) is 69.4 Å². The first-order valence-electron chi connectivity index (χ1n) is 31.9. The van der Waals surface area contributed by atoms with Crippen LogP contribution in [0.4, 0.5) is 0 Å². The molecule has 0 aromatic carbocycles. The number of unbranched alkanes of at least 4 members (excludes halogenated alkanes) is 29. The maximum Gasteiger partial charge on any atom is 0.306 e. The maximum absolute atomic E-state index is 13.5. The molecule has 3 unspecified atom stereocenters. The number of allylic oxidation sites excluding steroid dienone is 13. The molecule has 0 radical (unpaired) electrons. The Balaban J connectivity index is 5.20. The van der Waals surface area contributed by atoms with Gasteiger partial charge in [0.15, 0.2) is 0 Å². The number of nitrogens with zero attached hydrogens (tertiary/aromatic N) is 1. The minimum atomic E-state index is -4.71. The van der Waals surface area contributed by atoms with E-state index in [2.05, 4.69) is 99.0 Å². The zero-order valence-corrected chi connectivity index (χ0v) is 51.8. The van der Waals surface area contributed by atoms with E-state index < -0.39 is 26.6 Å². The van der Waals surface area contributed by atoms with Crippen molar-refractivity contribution in [3.05, 3.63) is 85.1 Å². The lowest BCUT2D eigenvalue weighted by Crippen LogP contribution is -2.47. The van der Waals surface area contributed by atoms with Crippen molar-refractivity contribution in [2.45, 2.75) is 290 Å². The van der Waals surface area contributed by atoms with Gasteiger partial charge in [-0.3, -0.25) is 14.2 Å². The largest absolute Gasteiger partial charge is 0.756 e. The summed E-state index contributed by atoms with van der Waals surface area (Å²) in [6, 6.07) is -0.900. The second-order valence-electron chi connectivity index (χ2n) is 22.5. The summed E-state index contributed by atoms with van der Waals surface area (Å²) in [6.07, 6.45) is 74.0. The van der Waals surface area contributed by atoms with Gasteiger partial charge < -0.3 is 28.5 Å². The Labute approximate surface area is 476 Å². The average molecular weight is 1100 g/mol. The van der Waals surface area contributed by atoms with Crippen LogP contribution in [0.25, 0.3) is 0 Å². The Bertz CT molecular complexity index is 1590. The van der Waals surface area contributed by atoms with Crippen molar-refractivity contribution in [1.82, 2.24) is 5.32 Å². The number of carbonyl (C=O) groups is 2. The van der Waals surface area contributed by atoms with Crippen LogP contribution >= 0.6 is 7.82 Å². The standard InChI is InChI=1S/C67H121N2O7P/c1-7-10-13-16-19-22-25-27-29-31-32-33-34-35-36-38-39-41-44-47-50-53-56-59-66(70)68-64(63-75-77(72,73)74-62-61-69(4,5)6)65(58-55-52-49-46-43-24-21-18-15-12-9-3)76-67(71)60-57-54-51-48-45-42-40-37-30-28-26-23-20-17-14-11-8-2/h10,13,19,22,27-30,32-33,35-36,55,58,64-65H,7-9,11-12,14-18,20-21,23-26,31,34,37-54,56-57,59-63H2,1-6H3,(H-,68,70,72,73)/b13-10-,22-19-,29-27-,30-28+,33-32-,36-35-,58-55-. The fourth-order valence-electron chi connectivity index (χ4n) is 8.90. The molecule has 1 N–H and O–H groups in total. The van der Waals surface area contributed by atoms with Crippen LogP contribution in [0, 0.1) is 0 Å². The summed E-state index contributed by atoms with van der Waals surface area (Å²) in [5, 5.41) is 3.02. The molecule has 0 saturated carbocycles. The number of quaternary nitrogens is 1. The van der Waals surface area contributed by atoms with Crippen LogP contribution in [0.3, 0.4) is 0 Å². The molecule has 10 heteroatoms. The number of hydrogen-bond acceptors (Lipinski definition) is 7. The zero-order chi connectivity index (χ0) is 56.4. The molecular formula is C67H121N2O7P. The number of hydrogen-bond donors (Lipinski definition) is 1. The molecule has 0 heterocycles. The van der Waals surface area contributed by atoms with E-state index in [0.29, 0.717) is 17.4 Å². The van der Waals surface area contributed by atoms with Crippen LogP contribution in [0.2, 0.25) is 0 Å². The van der Waals surface area contributed by atoms with Gasteiger partial charge in [0.25, 0.3) is 7.82 Å². The zero-order valence-electron chi connectivity index (χ0n) is 50.9. The van der Waals surface area contributed by atoms with Crippen LogP contribution in [0.5, 0.6) is 0 Å². The molecule has 0 aromatic rings. The van der Waals surface area contributed by atoms with E-state index in [1.165, 1.54) is 128 Å². The molecule has 446 valence electrons. The fraction of sp³-hybridized carbons (Fsp3) is 0.761. The van der Waals surface area contributed by atoms with Crippen molar-refractivity contribution in [2.24, 2.45) is 0 Å². The third-order valence-corrected chi connectivity index (χ3v) is 14.8. The molecule has 0 spiro atoms. The molecule has 0 rings (SSSR count). The van der Waals surface area contributed by atoms with Crippen molar-refractivity contribution in [3.63, 3.8) is 0 Å². The van der Waals surface area contributed by atoms with E-state index in [0.717, 1.165) is 116 Å². The fourth-order valence-corrected chi connectivity index (χ4v) is 9.62. The molecule has 1 amide bonds. The molecule has 0 aliphatic rings. The van der Waals surface area contributed by atoms with Gasteiger partial charge in [-0.2, -0.15) is 0 Å². The third-order valence-electron chi connectivity index (χ3n) is 13.8. The number of ether oxygens (including phenoxy) is 1. The van der Waals surface area contributed by atoms with Gasteiger partial charge in [-0.15, -0.1) is 0 Å².